The number of carbonyl (C=O) groups is 1. The summed E-state index contributed by atoms with van der Waals surface area (Å²) in [5, 5.41) is 0. The van der Waals surface area contributed by atoms with E-state index in [1.165, 1.54) is 20.3 Å². The Hall–Kier alpha value is -1.88. The maximum atomic E-state index is 13.6. The van der Waals surface area contributed by atoms with Gasteiger partial charge in [-0.15, -0.1) is 0 Å². The van der Waals surface area contributed by atoms with Crippen LogP contribution in [0.15, 0.2) is 29.8 Å². The van der Waals surface area contributed by atoms with Gasteiger partial charge < -0.3 is 9.47 Å². The molecule has 0 amide bonds. The molecule has 0 N–H and O–H groups in total. The van der Waals surface area contributed by atoms with Gasteiger partial charge in [-0.1, -0.05) is 19.1 Å². The van der Waals surface area contributed by atoms with Crippen LogP contribution in [0.1, 0.15) is 18.9 Å². The first kappa shape index (κ1) is 17.2. The summed E-state index contributed by atoms with van der Waals surface area (Å²) in [6.07, 6.45) is 2.46. The predicted molar refractivity (Wildman–Crippen MR) is 79.7 cm³/mol. The van der Waals surface area contributed by atoms with Crippen LogP contribution in [0, 0.1) is 5.82 Å². The van der Waals surface area contributed by atoms with Crippen molar-refractivity contribution in [3.8, 4) is 5.75 Å². The molecule has 0 atom stereocenters. The highest BCUT2D eigenvalue weighted by molar-refractivity contribution is 5.88. The Morgan fingerprint density at radius 1 is 1.38 bits per heavy atom. The minimum absolute atomic E-state index is 0.236. The summed E-state index contributed by atoms with van der Waals surface area (Å²) >= 11 is 0. The number of rotatable bonds is 7. The molecule has 0 aliphatic heterocycles. The van der Waals surface area contributed by atoms with Crippen molar-refractivity contribution in [1.29, 1.82) is 0 Å². The number of methoxy groups -OCH3 is 2. The monoisotopic (exact) mass is 295 g/mol. The van der Waals surface area contributed by atoms with E-state index in [1.54, 1.807) is 6.07 Å². The summed E-state index contributed by atoms with van der Waals surface area (Å²) in [4.78, 5) is 13.4. The molecule has 0 heterocycles. The van der Waals surface area contributed by atoms with Gasteiger partial charge in [0.15, 0.2) is 11.6 Å². The quantitative estimate of drug-likeness (QED) is 0.573. The zero-order chi connectivity index (χ0) is 15.8. The van der Waals surface area contributed by atoms with Gasteiger partial charge in [-0.05, 0) is 31.2 Å². The van der Waals surface area contributed by atoms with Gasteiger partial charge in [0.05, 0.1) is 14.2 Å². The molecular weight excluding hydrogens is 273 g/mol. The van der Waals surface area contributed by atoms with E-state index in [0.717, 1.165) is 5.56 Å². The zero-order valence-corrected chi connectivity index (χ0v) is 13.0. The van der Waals surface area contributed by atoms with Crippen LogP contribution in [-0.2, 0) is 16.1 Å². The maximum absolute atomic E-state index is 13.6. The summed E-state index contributed by atoms with van der Waals surface area (Å²) in [6, 6.07) is 4.89. The molecule has 0 saturated heterocycles. The van der Waals surface area contributed by atoms with Crippen molar-refractivity contribution in [3.05, 3.63) is 41.2 Å². The molecule has 1 rings (SSSR count). The van der Waals surface area contributed by atoms with Crippen LogP contribution < -0.4 is 4.74 Å². The molecule has 0 radical (unpaired) electrons. The fourth-order valence-electron chi connectivity index (χ4n) is 1.95. The average molecular weight is 295 g/mol. The number of benzene rings is 1. The van der Waals surface area contributed by atoms with Crippen molar-refractivity contribution in [3.63, 3.8) is 0 Å². The number of hydrogen-bond donors (Lipinski definition) is 0. The summed E-state index contributed by atoms with van der Waals surface area (Å²) in [5.74, 6) is -0.440. The Morgan fingerprint density at radius 3 is 2.62 bits per heavy atom. The minimum atomic E-state index is -0.372. The van der Waals surface area contributed by atoms with E-state index < -0.39 is 0 Å². The standard InChI is InChI=1S/C16H22FNO3/c1-5-13(16(19)21-4)8-9-18(2)11-12-6-7-15(20-3)14(17)10-12/h6-8,10H,5,9,11H2,1-4H3. The molecule has 4 nitrogen and oxygen atoms in total. The Kier molecular flexibility index (Phi) is 6.88. The molecule has 0 spiro atoms. The average Bonchev–Trinajstić information content (AvgIpc) is 2.47. The van der Waals surface area contributed by atoms with Crippen molar-refractivity contribution in [2.24, 2.45) is 0 Å². The maximum Gasteiger partial charge on any atom is 0.333 e. The van der Waals surface area contributed by atoms with Crippen LogP contribution in [0.25, 0.3) is 0 Å². The lowest BCUT2D eigenvalue weighted by atomic mass is 10.1. The number of esters is 1. The van der Waals surface area contributed by atoms with Gasteiger partial charge in [-0.25, -0.2) is 9.18 Å². The smallest absolute Gasteiger partial charge is 0.333 e. The summed E-state index contributed by atoms with van der Waals surface area (Å²) in [5.41, 5.74) is 1.49. The molecular formula is C16H22FNO3. The van der Waals surface area contributed by atoms with Crippen LogP contribution in [0.5, 0.6) is 5.75 Å². The minimum Gasteiger partial charge on any atom is -0.494 e. The van der Waals surface area contributed by atoms with E-state index in [1.807, 2.05) is 31.0 Å². The van der Waals surface area contributed by atoms with Crippen LogP contribution in [0.2, 0.25) is 0 Å². The van der Waals surface area contributed by atoms with E-state index in [4.69, 9.17) is 9.47 Å². The molecule has 0 saturated carbocycles. The van der Waals surface area contributed by atoms with Crippen molar-refractivity contribution in [2.45, 2.75) is 19.9 Å². The fourth-order valence-corrected chi connectivity index (χ4v) is 1.95. The van der Waals surface area contributed by atoms with Crippen LogP contribution in [0.4, 0.5) is 4.39 Å². The SMILES string of the molecule is CCC(=CCN(C)Cc1ccc(OC)c(F)c1)C(=O)OC. The molecule has 0 bridgehead atoms. The molecule has 0 aliphatic rings. The van der Waals surface area contributed by atoms with Gasteiger partial charge in [0.1, 0.15) is 0 Å². The molecule has 0 unspecified atom stereocenters. The summed E-state index contributed by atoms with van der Waals surface area (Å²) < 4.78 is 23.2. The molecule has 0 fully saturated rings. The van der Waals surface area contributed by atoms with E-state index in [-0.39, 0.29) is 17.5 Å². The molecule has 1 aromatic carbocycles. The Bertz CT molecular complexity index is 514. The van der Waals surface area contributed by atoms with Crippen molar-refractivity contribution < 1.29 is 18.7 Å². The lowest BCUT2D eigenvalue weighted by Gasteiger charge is -2.15. The highest BCUT2D eigenvalue weighted by atomic mass is 19.1. The van der Waals surface area contributed by atoms with E-state index in [2.05, 4.69) is 0 Å². The van der Waals surface area contributed by atoms with Crippen LogP contribution in [-0.4, -0.2) is 38.7 Å². The zero-order valence-electron chi connectivity index (χ0n) is 13.0. The topological polar surface area (TPSA) is 38.8 Å². The Morgan fingerprint density at radius 2 is 2.10 bits per heavy atom. The van der Waals surface area contributed by atoms with Crippen LogP contribution in [0.3, 0.4) is 0 Å². The molecule has 0 aliphatic carbocycles. The molecule has 5 heteroatoms. The third kappa shape index (κ3) is 5.19. The highest BCUT2D eigenvalue weighted by Crippen LogP contribution is 2.18. The third-order valence-corrected chi connectivity index (χ3v) is 3.15. The molecule has 0 aromatic heterocycles. The normalized spacial score (nSPS) is 11.6. The number of hydrogen-bond acceptors (Lipinski definition) is 4. The number of halogens is 1. The number of ether oxygens (including phenoxy) is 2. The number of nitrogens with zero attached hydrogens (tertiary/aromatic N) is 1. The van der Waals surface area contributed by atoms with Gasteiger partial charge >= 0.3 is 5.97 Å². The van der Waals surface area contributed by atoms with Crippen molar-refractivity contribution in [1.82, 2.24) is 4.90 Å². The van der Waals surface area contributed by atoms with Gasteiger partial charge in [-0.2, -0.15) is 0 Å². The predicted octanol–water partition coefficient (Wildman–Crippen LogP) is 2.78. The first-order chi connectivity index (χ1) is 10.0. The summed E-state index contributed by atoms with van der Waals surface area (Å²) in [6.45, 7) is 3.07. The van der Waals surface area contributed by atoms with Gasteiger partial charge in [0.25, 0.3) is 0 Å². The molecule has 21 heavy (non-hydrogen) atoms. The highest BCUT2D eigenvalue weighted by Gasteiger charge is 2.08. The number of likely N-dealkylation sites (N-methyl/N-ethyl adjacent to an activating group) is 1. The van der Waals surface area contributed by atoms with Gasteiger partial charge in [0, 0.05) is 18.7 Å². The van der Waals surface area contributed by atoms with Crippen LogP contribution >= 0.6 is 0 Å². The van der Waals surface area contributed by atoms with Gasteiger partial charge in [0.2, 0.25) is 0 Å². The molecule has 1 aromatic rings. The van der Waals surface area contributed by atoms with Crippen molar-refractivity contribution in [2.75, 3.05) is 27.8 Å². The largest absolute Gasteiger partial charge is 0.494 e. The second-order valence-corrected chi connectivity index (χ2v) is 4.74. The fraction of sp³-hybridized carbons (Fsp3) is 0.438. The first-order valence-electron chi connectivity index (χ1n) is 6.80. The van der Waals surface area contributed by atoms with E-state index >= 15 is 0 Å². The second-order valence-electron chi connectivity index (χ2n) is 4.74. The lowest BCUT2D eigenvalue weighted by molar-refractivity contribution is -0.136. The Balaban J connectivity index is 2.65. The lowest BCUT2D eigenvalue weighted by Crippen LogP contribution is -2.19. The Labute approximate surface area is 125 Å². The van der Waals surface area contributed by atoms with E-state index in [0.29, 0.717) is 25.1 Å². The number of carbonyl (C=O) groups excluding carboxylic acids is 1. The second kappa shape index (κ2) is 8.42. The van der Waals surface area contributed by atoms with Crippen molar-refractivity contribution >= 4 is 5.97 Å². The first-order valence-corrected chi connectivity index (χ1v) is 6.80. The summed E-state index contributed by atoms with van der Waals surface area (Å²) in [7, 11) is 4.72. The molecule has 116 valence electrons. The van der Waals surface area contributed by atoms with E-state index in [9.17, 15) is 9.18 Å². The third-order valence-electron chi connectivity index (χ3n) is 3.15. The van der Waals surface area contributed by atoms with Gasteiger partial charge in [-0.3, -0.25) is 4.90 Å².